The van der Waals surface area contributed by atoms with E-state index in [1.165, 1.54) is 19.4 Å². The van der Waals surface area contributed by atoms with E-state index in [0.29, 0.717) is 6.42 Å². The van der Waals surface area contributed by atoms with Gasteiger partial charge in [-0.1, -0.05) is 0 Å². The number of carbonyl (C=O) groups is 1. The van der Waals surface area contributed by atoms with Gasteiger partial charge in [0.1, 0.15) is 0 Å². The van der Waals surface area contributed by atoms with Gasteiger partial charge < -0.3 is 10.2 Å². The Morgan fingerprint density at radius 3 is 2.95 bits per heavy atom. The zero-order chi connectivity index (χ0) is 14.5. The fourth-order valence-corrected chi connectivity index (χ4v) is 2.98. The second kappa shape index (κ2) is 6.88. The monoisotopic (exact) mass is 278 g/mol. The molecule has 5 nitrogen and oxygen atoms in total. The first kappa shape index (κ1) is 15.0. The summed E-state index contributed by atoms with van der Waals surface area (Å²) >= 11 is 0. The minimum atomic E-state index is 0.0989. The van der Waals surface area contributed by atoms with Crippen molar-refractivity contribution in [3.05, 3.63) is 17.0 Å². The molecule has 1 amide bonds. The minimum absolute atomic E-state index is 0.0989. The van der Waals surface area contributed by atoms with Gasteiger partial charge in [-0.25, -0.2) is 0 Å². The topological polar surface area (TPSA) is 61.0 Å². The molecule has 0 radical (unpaired) electrons. The number of nitrogens with one attached hydrogen (secondary N) is 2. The molecule has 2 rings (SSSR count). The highest BCUT2D eigenvalue weighted by atomic mass is 16.1. The van der Waals surface area contributed by atoms with Crippen LogP contribution in [0.15, 0.2) is 0 Å². The summed E-state index contributed by atoms with van der Waals surface area (Å²) < 4.78 is 0. The lowest BCUT2D eigenvalue weighted by atomic mass is 9.95. The summed E-state index contributed by atoms with van der Waals surface area (Å²) in [7, 11) is 2.18. The number of likely N-dealkylation sites (tertiary alicyclic amines) is 1. The Hall–Kier alpha value is -1.36. The number of aromatic amines is 1. The summed E-state index contributed by atoms with van der Waals surface area (Å²) in [4.78, 5) is 14.3. The van der Waals surface area contributed by atoms with Gasteiger partial charge in [0.2, 0.25) is 5.91 Å². The fraction of sp³-hybridized carbons (Fsp3) is 0.733. The molecular weight excluding hydrogens is 252 g/mol. The standard InChI is InChI=1S/C15H26N4O/c1-11-14(12(2)18-17-11)9-15(20)16-7-6-13-5-4-8-19(3)10-13/h13H,4-10H2,1-3H3,(H,16,20)(H,17,18). The molecule has 5 heteroatoms. The normalized spacial score (nSPS) is 20.1. The van der Waals surface area contributed by atoms with Crippen molar-refractivity contribution >= 4 is 5.91 Å². The van der Waals surface area contributed by atoms with Crippen molar-refractivity contribution in [1.82, 2.24) is 20.4 Å². The number of H-pyrrole nitrogens is 1. The fourth-order valence-electron chi connectivity index (χ4n) is 2.98. The van der Waals surface area contributed by atoms with Crippen LogP contribution in [-0.2, 0) is 11.2 Å². The first-order chi connectivity index (χ1) is 9.56. The third-order valence-electron chi connectivity index (χ3n) is 4.21. The first-order valence-electron chi connectivity index (χ1n) is 7.52. The highest BCUT2D eigenvalue weighted by Gasteiger charge is 2.17. The van der Waals surface area contributed by atoms with E-state index in [0.717, 1.165) is 42.4 Å². The number of piperidine rings is 1. The van der Waals surface area contributed by atoms with Crippen LogP contribution < -0.4 is 5.32 Å². The molecule has 1 aromatic heterocycles. The van der Waals surface area contributed by atoms with Crippen LogP contribution in [0, 0.1) is 19.8 Å². The molecule has 1 unspecified atom stereocenters. The molecule has 2 N–H and O–H groups in total. The highest BCUT2D eigenvalue weighted by molar-refractivity contribution is 5.79. The van der Waals surface area contributed by atoms with Gasteiger partial charge in [0.15, 0.2) is 0 Å². The maximum atomic E-state index is 12.0. The summed E-state index contributed by atoms with van der Waals surface area (Å²) in [6.45, 7) is 7.05. The molecule has 0 bridgehead atoms. The molecule has 1 aliphatic rings. The molecule has 0 spiro atoms. The maximum Gasteiger partial charge on any atom is 0.224 e. The van der Waals surface area contributed by atoms with Crippen molar-refractivity contribution in [2.45, 2.75) is 39.5 Å². The van der Waals surface area contributed by atoms with Crippen LogP contribution in [0.1, 0.15) is 36.2 Å². The first-order valence-corrected chi connectivity index (χ1v) is 7.52. The molecular formula is C15H26N4O. The number of hydrogen-bond acceptors (Lipinski definition) is 3. The number of hydrogen-bond donors (Lipinski definition) is 2. The van der Waals surface area contributed by atoms with E-state index >= 15 is 0 Å². The van der Waals surface area contributed by atoms with Gasteiger partial charge >= 0.3 is 0 Å². The van der Waals surface area contributed by atoms with Gasteiger partial charge in [0, 0.05) is 24.3 Å². The van der Waals surface area contributed by atoms with Crippen molar-refractivity contribution in [1.29, 1.82) is 0 Å². The summed E-state index contributed by atoms with van der Waals surface area (Å²) in [5.41, 5.74) is 2.94. The minimum Gasteiger partial charge on any atom is -0.356 e. The van der Waals surface area contributed by atoms with Crippen LogP contribution in [0.4, 0.5) is 0 Å². The Balaban J connectivity index is 1.70. The Morgan fingerprint density at radius 2 is 2.30 bits per heavy atom. The third kappa shape index (κ3) is 4.07. The van der Waals surface area contributed by atoms with E-state index < -0.39 is 0 Å². The second-order valence-electron chi connectivity index (χ2n) is 6.00. The lowest BCUT2D eigenvalue weighted by Crippen LogP contribution is -2.35. The number of aromatic nitrogens is 2. The molecule has 1 atom stereocenters. The van der Waals surface area contributed by atoms with Gasteiger partial charge in [-0.3, -0.25) is 9.89 Å². The van der Waals surface area contributed by atoms with Crippen LogP contribution in [-0.4, -0.2) is 47.7 Å². The molecule has 1 saturated heterocycles. The van der Waals surface area contributed by atoms with Crippen molar-refractivity contribution < 1.29 is 4.79 Å². The Bertz CT molecular complexity index is 435. The van der Waals surface area contributed by atoms with Gasteiger partial charge in [-0.15, -0.1) is 0 Å². The number of rotatable bonds is 5. The van der Waals surface area contributed by atoms with Gasteiger partial charge in [-0.05, 0) is 52.6 Å². The Labute approximate surface area is 121 Å². The van der Waals surface area contributed by atoms with Crippen molar-refractivity contribution in [3.8, 4) is 0 Å². The van der Waals surface area contributed by atoms with E-state index in [-0.39, 0.29) is 5.91 Å². The zero-order valence-electron chi connectivity index (χ0n) is 12.8. The third-order valence-corrected chi connectivity index (χ3v) is 4.21. The summed E-state index contributed by atoms with van der Waals surface area (Å²) in [5, 5.41) is 10.1. The Kier molecular flexibility index (Phi) is 5.17. The Morgan fingerprint density at radius 1 is 1.50 bits per heavy atom. The molecule has 0 saturated carbocycles. The molecule has 1 aromatic rings. The van der Waals surface area contributed by atoms with Crippen molar-refractivity contribution in [2.75, 3.05) is 26.7 Å². The average molecular weight is 278 g/mol. The zero-order valence-corrected chi connectivity index (χ0v) is 12.8. The number of aryl methyl sites for hydroxylation is 2. The predicted octanol–water partition coefficient (Wildman–Crippen LogP) is 1.42. The van der Waals surface area contributed by atoms with Crippen molar-refractivity contribution in [3.63, 3.8) is 0 Å². The molecule has 0 aliphatic carbocycles. The summed E-state index contributed by atoms with van der Waals surface area (Å²) in [6, 6.07) is 0. The lowest BCUT2D eigenvalue weighted by Gasteiger charge is -2.29. The molecule has 112 valence electrons. The van der Waals surface area contributed by atoms with E-state index in [4.69, 9.17) is 0 Å². The highest BCUT2D eigenvalue weighted by Crippen LogP contribution is 2.17. The molecule has 1 aliphatic heterocycles. The SMILES string of the molecule is Cc1n[nH]c(C)c1CC(=O)NCCC1CCCN(C)C1. The van der Waals surface area contributed by atoms with Crippen LogP contribution >= 0.6 is 0 Å². The molecule has 20 heavy (non-hydrogen) atoms. The summed E-state index contributed by atoms with van der Waals surface area (Å²) in [5.74, 6) is 0.827. The predicted molar refractivity (Wildman–Crippen MR) is 79.6 cm³/mol. The van der Waals surface area contributed by atoms with Gasteiger partial charge in [-0.2, -0.15) is 5.10 Å². The molecule has 2 heterocycles. The van der Waals surface area contributed by atoms with Gasteiger partial charge in [0.05, 0.1) is 12.1 Å². The van der Waals surface area contributed by atoms with E-state index in [1.54, 1.807) is 0 Å². The van der Waals surface area contributed by atoms with Crippen molar-refractivity contribution in [2.24, 2.45) is 5.92 Å². The smallest absolute Gasteiger partial charge is 0.224 e. The molecule has 0 aromatic carbocycles. The quantitative estimate of drug-likeness (QED) is 0.856. The lowest BCUT2D eigenvalue weighted by molar-refractivity contribution is -0.120. The van der Waals surface area contributed by atoms with E-state index in [2.05, 4.69) is 27.5 Å². The van der Waals surface area contributed by atoms with Gasteiger partial charge in [0.25, 0.3) is 0 Å². The number of amides is 1. The molecule has 1 fully saturated rings. The maximum absolute atomic E-state index is 12.0. The summed E-state index contributed by atoms with van der Waals surface area (Å²) in [6.07, 6.45) is 4.08. The number of nitrogens with zero attached hydrogens (tertiary/aromatic N) is 2. The average Bonchev–Trinajstić information content (AvgIpc) is 2.71. The van der Waals surface area contributed by atoms with E-state index in [9.17, 15) is 4.79 Å². The van der Waals surface area contributed by atoms with Crippen LogP contribution in [0.2, 0.25) is 0 Å². The van der Waals surface area contributed by atoms with Crippen LogP contribution in [0.25, 0.3) is 0 Å². The second-order valence-corrected chi connectivity index (χ2v) is 6.00. The van der Waals surface area contributed by atoms with E-state index in [1.807, 2.05) is 13.8 Å². The largest absolute Gasteiger partial charge is 0.356 e. The van der Waals surface area contributed by atoms with Crippen LogP contribution in [0.5, 0.6) is 0 Å². The number of carbonyl (C=O) groups excluding carboxylic acids is 1. The van der Waals surface area contributed by atoms with Crippen LogP contribution in [0.3, 0.4) is 0 Å².